The van der Waals surface area contributed by atoms with Crippen molar-refractivity contribution in [2.45, 2.75) is 43.2 Å². The van der Waals surface area contributed by atoms with E-state index in [-0.39, 0.29) is 22.3 Å². The first kappa shape index (κ1) is 21.2. The Hall–Kier alpha value is -3.40. The highest BCUT2D eigenvalue weighted by molar-refractivity contribution is 5.92. The number of nitrogens with one attached hydrogen (secondary N) is 2. The number of rotatable bonds is 4. The third-order valence-electron chi connectivity index (χ3n) is 7.74. The van der Waals surface area contributed by atoms with E-state index >= 15 is 0 Å². The van der Waals surface area contributed by atoms with Gasteiger partial charge in [0.05, 0.1) is 23.5 Å². The average Bonchev–Trinajstić information content (AvgIpc) is 3.42. The summed E-state index contributed by atoms with van der Waals surface area (Å²) < 4.78 is 13.5. The number of hydrogen-bond acceptors (Lipinski definition) is 7. The Morgan fingerprint density at radius 3 is 2.68 bits per heavy atom. The van der Waals surface area contributed by atoms with Gasteiger partial charge in [0.15, 0.2) is 5.65 Å². The third kappa shape index (κ3) is 3.35. The number of aromatic amines is 1. The first-order chi connectivity index (χ1) is 16.5. The molecule has 0 unspecified atom stereocenters. The Bertz CT molecular complexity index is 1310. The SMILES string of the molecule is CNC(=O)c1ccc(N2CCC(N3CC4(c5nc6ncc(F)cc6c(=O)[nH]5)CC3C4)CC2)cn1. The van der Waals surface area contributed by atoms with Gasteiger partial charge in [0, 0.05) is 44.2 Å². The molecule has 1 amide bonds. The molecular weight excluding hydrogens is 437 g/mol. The number of piperidine rings is 1. The molecule has 9 nitrogen and oxygen atoms in total. The fourth-order valence-electron chi connectivity index (χ4n) is 5.92. The monoisotopic (exact) mass is 463 g/mol. The second kappa shape index (κ2) is 7.83. The summed E-state index contributed by atoms with van der Waals surface area (Å²) in [7, 11) is 1.60. The lowest BCUT2D eigenvalue weighted by Crippen LogP contribution is -2.46. The van der Waals surface area contributed by atoms with Crippen LogP contribution < -0.4 is 15.8 Å². The van der Waals surface area contributed by atoms with Gasteiger partial charge in [-0.2, -0.15) is 0 Å². The van der Waals surface area contributed by atoms with Gasteiger partial charge in [-0.1, -0.05) is 0 Å². The Morgan fingerprint density at radius 1 is 1.18 bits per heavy atom. The van der Waals surface area contributed by atoms with Crippen LogP contribution in [0.25, 0.3) is 11.0 Å². The number of hydrogen-bond donors (Lipinski definition) is 2. The molecule has 34 heavy (non-hydrogen) atoms. The van der Waals surface area contributed by atoms with E-state index in [4.69, 9.17) is 0 Å². The summed E-state index contributed by atoms with van der Waals surface area (Å²) in [5, 5.41) is 2.78. The second-order valence-electron chi connectivity index (χ2n) is 9.65. The summed E-state index contributed by atoms with van der Waals surface area (Å²) in [4.78, 5) is 45.0. The van der Waals surface area contributed by atoms with E-state index in [1.807, 2.05) is 6.07 Å². The smallest absolute Gasteiger partial charge is 0.269 e. The number of carbonyl (C=O) groups is 1. The van der Waals surface area contributed by atoms with Crippen LogP contribution in [0, 0.1) is 5.82 Å². The molecule has 3 aliphatic heterocycles. The molecule has 7 rings (SSSR count). The van der Waals surface area contributed by atoms with Gasteiger partial charge >= 0.3 is 0 Å². The topological polar surface area (TPSA) is 107 Å². The van der Waals surface area contributed by atoms with E-state index in [1.165, 1.54) is 6.07 Å². The van der Waals surface area contributed by atoms with Gasteiger partial charge < -0.3 is 15.2 Å². The second-order valence-corrected chi connectivity index (χ2v) is 9.65. The van der Waals surface area contributed by atoms with Crippen LogP contribution in [0.15, 0.2) is 35.4 Å². The van der Waals surface area contributed by atoms with Crippen molar-refractivity contribution >= 4 is 22.6 Å². The Labute approximate surface area is 195 Å². The van der Waals surface area contributed by atoms with Crippen LogP contribution in [0.5, 0.6) is 0 Å². The minimum atomic E-state index is -0.536. The summed E-state index contributed by atoms with van der Waals surface area (Å²) in [5.41, 5.74) is 1.29. The first-order valence-corrected chi connectivity index (χ1v) is 11.7. The standard InChI is InChI=1S/C24H26FN7O2/c1-26-22(34)19-3-2-16(12-27-19)31-6-4-15(5-7-31)32-13-24(9-17(32)10-24)23-29-20-18(21(33)30-23)8-14(25)11-28-20/h2-3,8,11-12,15,17H,4-7,9-10,13H2,1H3,(H,26,34)(H,28,29,30,33). The van der Waals surface area contributed by atoms with Gasteiger partial charge in [-0.3, -0.25) is 14.5 Å². The van der Waals surface area contributed by atoms with Crippen LogP contribution in [0.1, 0.15) is 42.0 Å². The highest BCUT2D eigenvalue weighted by Crippen LogP contribution is 2.53. The van der Waals surface area contributed by atoms with E-state index in [0.717, 1.165) is 57.2 Å². The zero-order chi connectivity index (χ0) is 23.4. The molecule has 0 aromatic carbocycles. The number of nitrogens with zero attached hydrogens (tertiary/aromatic N) is 5. The maximum Gasteiger partial charge on any atom is 0.269 e. The molecule has 176 valence electrons. The zero-order valence-electron chi connectivity index (χ0n) is 18.9. The van der Waals surface area contributed by atoms with Crippen molar-refractivity contribution in [1.29, 1.82) is 0 Å². The molecule has 10 heteroatoms. The maximum absolute atomic E-state index is 13.5. The number of carbonyl (C=O) groups excluding carboxylic acids is 1. The van der Waals surface area contributed by atoms with E-state index in [9.17, 15) is 14.0 Å². The van der Waals surface area contributed by atoms with Crippen LogP contribution in [-0.2, 0) is 5.41 Å². The lowest BCUT2D eigenvalue weighted by atomic mass is 9.69. The van der Waals surface area contributed by atoms with Crippen molar-refractivity contribution < 1.29 is 9.18 Å². The van der Waals surface area contributed by atoms with Gasteiger partial charge in [-0.05, 0) is 43.9 Å². The Morgan fingerprint density at radius 2 is 1.97 bits per heavy atom. The van der Waals surface area contributed by atoms with Gasteiger partial charge in [0.2, 0.25) is 0 Å². The number of pyridine rings is 2. The molecular formula is C24H26FN7O2. The van der Waals surface area contributed by atoms with Crippen molar-refractivity contribution in [3.8, 4) is 0 Å². The van der Waals surface area contributed by atoms with Crippen molar-refractivity contribution in [3.05, 3.63) is 58.3 Å². The minimum absolute atomic E-state index is 0.148. The molecule has 3 saturated heterocycles. The zero-order valence-corrected chi connectivity index (χ0v) is 18.9. The van der Waals surface area contributed by atoms with Crippen LogP contribution >= 0.6 is 0 Å². The minimum Gasteiger partial charge on any atom is -0.370 e. The molecule has 3 aromatic heterocycles. The molecule has 1 aliphatic carbocycles. The molecule has 6 heterocycles. The van der Waals surface area contributed by atoms with E-state index in [1.54, 1.807) is 19.3 Å². The highest BCUT2D eigenvalue weighted by atomic mass is 19.1. The van der Waals surface area contributed by atoms with Crippen LogP contribution in [-0.4, -0.2) is 69.5 Å². The lowest BCUT2D eigenvalue weighted by molar-refractivity contribution is 0.0958. The number of anilines is 1. The largest absolute Gasteiger partial charge is 0.370 e. The molecule has 2 bridgehead atoms. The van der Waals surface area contributed by atoms with Gasteiger partial charge in [0.25, 0.3) is 11.5 Å². The number of halogens is 1. The highest BCUT2D eigenvalue weighted by Gasteiger charge is 2.59. The van der Waals surface area contributed by atoms with Crippen LogP contribution in [0.2, 0.25) is 0 Å². The molecule has 0 atom stereocenters. The number of aromatic nitrogens is 4. The number of amides is 1. The normalized spacial score (nSPS) is 24.9. The van der Waals surface area contributed by atoms with Gasteiger partial charge in [0.1, 0.15) is 17.3 Å². The van der Waals surface area contributed by atoms with Gasteiger partial charge in [-0.25, -0.2) is 19.3 Å². The van der Waals surface area contributed by atoms with Crippen molar-refractivity contribution in [1.82, 2.24) is 30.2 Å². The fourth-order valence-corrected chi connectivity index (χ4v) is 5.92. The summed E-state index contributed by atoms with van der Waals surface area (Å²) in [6, 6.07) is 5.91. The van der Waals surface area contributed by atoms with E-state index in [0.29, 0.717) is 29.2 Å². The third-order valence-corrected chi connectivity index (χ3v) is 7.74. The fraction of sp³-hybridized carbons (Fsp3) is 0.458. The molecule has 0 spiro atoms. The molecule has 3 aromatic rings. The van der Waals surface area contributed by atoms with E-state index in [2.05, 4.69) is 35.1 Å². The summed E-state index contributed by atoms with van der Waals surface area (Å²) in [6.07, 6.45) is 6.94. The Balaban J connectivity index is 1.13. The van der Waals surface area contributed by atoms with Gasteiger partial charge in [-0.15, -0.1) is 0 Å². The molecule has 4 fully saturated rings. The van der Waals surface area contributed by atoms with Crippen LogP contribution in [0.4, 0.5) is 10.1 Å². The lowest BCUT2D eigenvalue weighted by Gasteiger charge is -2.40. The van der Waals surface area contributed by atoms with Crippen molar-refractivity contribution in [3.63, 3.8) is 0 Å². The predicted octanol–water partition coefficient (Wildman–Crippen LogP) is 1.60. The van der Waals surface area contributed by atoms with Crippen LogP contribution in [0.3, 0.4) is 0 Å². The number of fused-ring (bicyclic) bond motifs is 2. The summed E-state index contributed by atoms with van der Waals surface area (Å²) >= 11 is 0. The first-order valence-electron chi connectivity index (χ1n) is 11.7. The van der Waals surface area contributed by atoms with Crippen molar-refractivity contribution in [2.24, 2.45) is 0 Å². The summed E-state index contributed by atoms with van der Waals surface area (Å²) in [5.74, 6) is -0.0361. The number of H-pyrrole nitrogens is 1. The summed E-state index contributed by atoms with van der Waals surface area (Å²) in [6.45, 7) is 2.74. The molecule has 2 N–H and O–H groups in total. The molecule has 0 radical (unpaired) electrons. The average molecular weight is 464 g/mol. The molecule has 4 aliphatic rings. The van der Waals surface area contributed by atoms with E-state index < -0.39 is 5.82 Å². The Kier molecular flexibility index (Phi) is 4.87. The predicted molar refractivity (Wildman–Crippen MR) is 124 cm³/mol. The quantitative estimate of drug-likeness (QED) is 0.605. The van der Waals surface area contributed by atoms with Crippen molar-refractivity contribution in [2.75, 3.05) is 31.6 Å². The molecule has 1 saturated carbocycles. The maximum atomic E-state index is 13.5.